The molecule has 1 aromatic carbocycles. The zero-order valence-corrected chi connectivity index (χ0v) is 17.9. The maximum Gasteiger partial charge on any atom is 0.111 e. The van der Waals surface area contributed by atoms with E-state index in [-0.39, 0.29) is 12.5 Å². The van der Waals surface area contributed by atoms with E-state index in [1.165, 1.54) is 0 Å². The lowest BCUT2D eigenvalue weighted by Gasteiger charge is -2.30. The molecule has 0 fully saturated rings. The predicted molar refractivity (Wildman–Crippen MR) is 120 cm³/mol. The molecule has 164 valence electrons. The van der Waals surface area contributed by atoms with Crippen molar-refractivity contribution in [2.24, 2.45) is 11.8 Å². The van der Waals surface area contributed by atoms with Crippen LogP contribution in [0.1, 0.15) is 44.6 Å². The van der Waals surface area contributed by atoms with Crippen molar-refractivity contribution in [2.75, 3.05) is 13.7 Å². The van der Waals surface area contributed by atoms with Crippen molar-refractivity contribution in [1.29, 1.82) is 0 Å². The number of nitrogens with one attached hydrogen (secondary N) is 3. The number of aliphatic hydroxyl groups is 3. The lowest BCUT2D eigenvalue weighted by Crippen LogP contribution is -2.36. The lowest BCUT2D eigenvalue weighted by atomic mass is 9.90. The minimum Gasteiger partial charge on any atom is -0.394 e. The number of fused-ring (bicyclic) bond motifs is 1. The molecular weight excluding hydrogens is 378 g/mol. The second-order valence-corrected chi connectivity index (χ2v) is 8.27. The summed E-state index contributed by atoms with van der Waals surface area (Å²) in [5.74, 6) is 0.317. The van der Waals surface area contributed by atoms with Gasteiger partial charge in [-0.3, -0.25) is 5.32 Å². The first kappa shape index (κ1) is 22.6. The standard InChI is InChI=1S/C24H35N3O3/c1-16-12-13-20-22(14-19(16)24(30)25-2)26-21(11-7-6-10-18(29)15-28)23(27-20)17-8-4-3-5-9-17/h3-5,8-9,13-14,16,18-19,24-30H,6-7,10-12,15H2,1-2H3. The van der Waals surface area contributed by atoms with E-state index in [2.05, 4.69) is 47.2 Å². The van der Waals surface area contributed by atoms with E-state index in [0.29, 0.717) is 12.3 Å². The van der Waals surface area contributed by atoms with E-state index < -0.39 is 12.3 Å². The molecule has 6 N–H and O–H groups in total. The normalized spacial score (nSPS) is 23.4. The molecule has 1 aromatic rings. The molecule has 4 unspecified atom stereocenters. The first-order valence-corrected chi connectivity index (χ1v) is 10.9. The highest BCUT2D eigenvalue weighted by Gasteiger charge is 2.29. The van der Waals surface area contributed by atoms with Crippen molar-refractivity contribution < 1.29 is 15.3 Å². The highest BCUT2D eigenvalue weighted by molar-refractivity contribution is 5.71. The first-order valence-electron chi connectivity index (χ1n) is 10.9. The number of hydrogen-bond acceptors (Lipinski definition) is 6. The van der Waals surface area contributed by atoms with Crippen LogP contribution < -0.4 is 16.0 Å². The summed E-state index contributed by atoms with van der Waals surface area (Å²) in [5, 5.41) is 39.3. The molecule has 1 aliphatic carbocycles. The summed E-state index contributed by atoms with van der Waals surface area (Å²) in [6.07, 6.45) is 7.16. The fourth-order valence-electron chi connectivity index (χ4n) is 4.09. The Labute approximate surface area is 179 Å². The topological polar surface area (TPSA) is 96.8 Å². The zero-order chi connectivity index (χ0) is 21.5. The maximum atomic E-state index is 10.4. The molecule has 0 amide bonds. The number of aliphatic hydroxyl groups excluding tert-OH is 3. The number of allylic oxidation sites excluding steroid dienone is 2. The average Bonchev–Trinajstić information content (AvgIpc) is 2.94. The highest BCUT2D eigenvalue weighted by atomic mass is 16.3. The van der Waals surface area contributed by atoms with Crippen LogP contribution in [0.2, 0.25) is 0 Å². The fourth-order valence-corrected chi connectivity index (χ4v) is 4.09. The Morgan fingerprint density at radius 1 is 1.10 bits per heavy atom. The van der Waals surface area contributed by atoms with Crippen molar-refractivity contribution >= 4 is 5.70 Å². The lowest BCUT2D eigenvalue weighted by molar-refractivity contribution is 0.0793. The van der Waals surface area contributed by atoms with E-state index in [4.69, 9.17) is 5.11 Å². The fraction of sp³-hybridized carbons (Fsp3) is 0.500. The molecule has 30 heavy (non-hydrogen) atoms. The molecule has 0 radical (unpaired) electrons. The van der Waals surface area contributed by atoms with Crippen LogP contribution in [0, 0.1) is 11.8 Å². The van der Waals surface area contributed by atoms with Crippen molar-refractivity contribution in [3.05, 3.63) is 65.1 Å². The van der Waals surface area contributed by atoms with Crippen LogP contribution in [-0.4, -0.2) is 41.3 Å². The molecule has 6 nitrogen and oxygen atoms in total. The Balaban J connectivity index is 1.86. The van der Waals surface area contributed by atoms with Crippen LogP contribution in [0.5, 0.6) is 0 Å². The third kappa shape index (κ3) is 5.52. The van der Waals surface area contributed by atoms with E-state index in [0.717, 1.165) is 54.0 Å². The van der Waals surface area contributed by atoms with Crippen molar-refractivity contribution in [2.45, 2.75) is 51.4 Å². The van der Waals surface area contributed by atoms with Gasteiger partial charge in [-0.1, -0.05) is 55.8 Å². The van der Waals surface area contributed by atoms with Crippen molar-refractivity contribution in [3.8, 4) is 0 Å². The third-order valence-electron chi connectivity index (χ3n) is 5.99. The highest BCUT2D eigenvalue weighted by Crippen LogP contribution is 2.33. The van der Waals surface area contributed by atoms with Gasteiger partial charge in [-0.05, 0) is 44.2 Å². The van der Waals surface area contributed by atoms with E-state index >= 15 is 0 Å². The molecule has 4 atom stereocenters. The van der Waals surface area contributed by atoms with Gasteiger partial charge in [-0.2, -0.15) is 0 Å². The van der Waals surface area contributed by atoms with E-state index in [1.807, 2.05) is 18.2 Å². The molecular formula is C24H35N3O3. The Bertz CT molecular complexity index is 788. The number of unbranched alkanes of at least 4 members (excludes halogenated alkanes) is 1. The van der Waals surface area contributed by atoms with Gasteiger partial charge in [0.05, 0.1) is 29.8 Å². The Kier molecular flexibility index (Phi) is 8.10. The van der Waals surface area contributed by atoms with Gasteiger partial charge in [0.1, 0.15) is 6.23 Å². The van der Waals surface area contributed by atoms with Crippen LogP contribution in [0.15, 0.2) is 59.6 Å². The molecule has 0 saturated heterocycles. The zero-order valence-electron chi connectivity index (χ0n) is 17.9. The first-order chi connectivity index (χ1) is 14.5. The van der Waals surface area contributed by atoms with Gasteiger partial charge >= 0.3 is 0 Å². The monoisotopic (exact) mass is 413 g/mol. The van der Waals surface area contributed by atoms with Crippen LogP contribution in [0.4, 0.5) is 0 Å². The second kappa shape index (κ2) is 10.8. The molecule has 0 spiro atoms. The summed E-state index contributed by atoms with van der Waals surface area (Å²) >= 11 is 0. The van der Waals surface area contributed by atoms with Crippen molar-refractivity contribution in [1.82, 2.24) is 16.0 Å². The summed E-state index contributed by atoms with van der Waals surface area (Å²) in [7, 11) is 1.78. The molecule has 1 aliphatic heterocycles. The maximum absolute atomic E-state index is 10.4. The van der Waals surface area contributed by atoms with Crippen LogP contribution in [0.3, 0.4) is 0 Å². The summed E-state index contributed by atoms with van der Waals surface area (Å²) < 4.78 is 0. The molecule has 1 heterocycles. The average molecular weight is 414 g/mol. The minimum atomic E-state index is -0.644. The van der Waals surface area contributed by atoms with Gasteiger partial charge in [-0.15, -0.1) is 0 Å². The number of hydrogen-bond donors (Lipinski definition) is 6. The van der Waals surface area contributed by atoms with Crippen LogP contribution in [-0.2, 0) is 0 Å². The number of benzene rings is 1. The minimum absolute atomic E-state index is 0.00674. The number of rotatable bonds is 9. The van der Waals surface area contributed by atoms with Crippen LogP contribution >= 0.6 is 0 Å². The Morgan fingerprint density at radius 2 is 1.87 bits per heavy atom. The molecule has 0 saturated carbocycles. The van der Waals surface area contributed by atoms with Gasteiger partial charge in [0.2, 0.25) is 0 Å². The van der Waals surface area contributed by atoms with E-state index in [9.17, 15) is 10.2 Å². The van der Waals surface area contributed by atoms with Gasteiger partial charge in [-0.25, -0.2) is 0 Å². The second-order valence-electron chi connectivity index (χ2n) is 8.27. The predicted octanol–water partition coefficient (Wildman–Crippen LogP) is 2.42. The summed E-state index contributed by atoms with van der Waals surface area (Å²) in [4.78, 5) is 0. The smallest absolute Gasteiger partial charge is 0.111 e. The summed E-state index contributed by atoms with van der Waals surface area (Å²) in [5.41, 5.74) is 5.35. The Hall–Kier alpha value is -2.12. The van der Waals surface area contributed by atoms with Crippen LogP contribution in [0.25, 0.3) is 5.70 Å². The van der Waals surface area contributed by atoms with Gasteiger partial charge in [0.25, 0.3) is 0 Å². The molecule has 2 aliphatic rings. The van der Waals surface area contributed by atoms with Gasteiger partial charge in [0, 0.05) is 11.6 Å². The van der Waals surface area contributed by atoms with Crippen molar-refractivity contribution in [3.63, 3.8) is 0 Å². The molecule has 6 heteroatoms. The SMILES string of the molecule is CNC(O)C1C=C2NC(CCCCC(O)CO)=C(c3ccccc3)NC2=CCC1C. The largest absolute Gasteiger partial charge is 0.394 e. The van der Waals surface area contributed by atoms with E-state index in [1.54, 1.807) is 7.05 Å². The quantitative estimate of drug-likeness (QED) is 0.275. The summed E-state index contributed by atoms with van der Waals surface area (Å²) in [6.45, 7) is 1.97. The van der Waals surface area contributed by atoms with Gasteiger partial charge < -0.3 is 26.0 Å². The molecule has 0 bridgehead atoms. The van der Waals surface area contributed by atoms with Gasteiger partial charge in [0.15, 0.2) is 0 Å². The summed E-state index contributed by atoms with van der Waals surface area (Å²) in [6, 6.07) is 10.3. The Morgan fingerprint density at radius 3 is 2.57 bits per heavy atom. The molecule has 3 rings (SSSR count). The molecule has 0 aromatic heterocycles. The third-order valence-corrected chi connectivity index (χ3v) is 5.99.